The molecule has 2 unspecified atom stereocenters. The summed E-state index contributed by atoms with van der Waals surface area (Å²) in [6.45, 7) is 10.5. The van der Waals surface area contributed by atoms with Crippen molar-refractivity contribution in [3.05, 3.63) is 41.6 Å². The first-order valence-electron chi connectivity index (χ1n) is 11.9. The minimum atomic E-state index is 0.139. The number of benzene rings is 1. The monoisotopic (exact) mass is 423 g/mol. The molecule has 0 radical (unpaired) electrons. The van der Waals surface area contributed by atoms with Gasteiger partial charge in [0, 0.05) is 31.1 Å². The molecule has 2 saturated heterocycles. The summed E-state index contributed by atoms with van der Waals surface area (Å²) in [5.74, 6) is 2.00. The van der Waals surface area contributed by atoms with Crippen LogP contribution in [0.4, 0.5) is 0 Å². The van der Waals surface area contributed by atoms with Gasteiger partial charge < -0.3 is 14.7 Å². The van der Waals surface area contributed by atoms with Crippen LogP contribution in [0.3, 0.4) is 0 Å². The summed E-state index contributed by atoms with van der Waals surface area (Å²) in [7, 11) is 0. The maximum absolute atomic E-state index is 12.8. The molecule has 2 fully saturated rings. The Hall–Kier alpha value is -2.14. The Bertz CT molecular complexity index is 860. The van der Waals surface area contributed by atoms with Crippen molar-refractivity contribution in [2.45, 2.75) is 64.7 Å². The van der Waals surface area contributed by atoms with Gasteiger partial charge in [-0.15, -0.1) is 0 Å². The van der Waals surface area contributed by atoms with Gasteiger partial charge in [-0.1, -0.05) is 50.2 Å². The molecule has 1 aromatic carbocycles. The molecule has 2 aliphatic heterocycles. The van der Waals surface area contributed by atoms with E-state index in [1.165, 1.54) is 12.0 Å². The second-order valence-corrected chi connectivity index (χ2v) is 10.4. The van der Waals surface area contributed by atoms with Crippen LogP contribution in [0.5, 0.6) is 0 Å². The third-order valence-corrected chi connectivity index (χ3v) is 6.98. The quantitative estimate of drug-likeness (QED) is 0.750. The van der Waals surface area contributed by atoms with Crippen LogP contribution in [-0.2, 0) is 16.6 Å². The van der Waals surface area contributed by atoms with Crippen LogP contribution in [0, 0.1) is 11.8 Å². The normalized spacial score (nSPS) is 22.5. The Morgan fingerprint density at radius 1 is 1.13 bits per heavy atom. The minimum absolute atomic E-state index is 0.139. The molecular weight excluding hydrogens is 386 g/mol. The molecule has 2 aliphatic rings. The number of likely N-dealkylation sites (tertiary alicyclic amines) is 1. The van der Waals surface area contributed by atoms with Crippen LogP contribution < -0.4 is 5.32 Å². The molecule has 4 rings (SSSR count). The fraction of sp³-hybridized carbons (Fsp3) is 0.615. The molecule has 5 heteroatoms. The van der Waals surface area contributed by atoms with Gasteiger partial charge in [-0.3, -0.25) is 4.79 Å². The van der Waals surface area contributed by atoms with Crippen LogP contribution in [0.15, 0.2) is 34.9 Å². The van der Waals surface area contributed by atoms with E-state index in [4.69, 9.17) is 4.52 Å². The smallest absolute Gasteiger partial charge is 0.222 e. The van der Waals surface area contributed by atoms with Crippen LogP contribution in [0.2, 0.25) is 0 Å². The average molecular weight is 424 g/mol. The van der Waals surface area contributed by atoms with Gasteiger partial charge in [0.15, 0.2) is 5.76 Å². The van der Waals surface area contributed by atoms with Gasteiger partial charge >= 0.3 is 0 Å². The summed E-state index contributed by atoms with van der Waals surface area (Å²) in [5, 5.41) is 7.88. The SMILES string of the molecule is CC(C)(C)c1ccc(-c2cc(CC3CNCCC3CC(=O)N3CCCCC3)no2)cc1. The van der Waals surface area contributed by atoms with Crippen molar-refractivity contribution < 1.29 is 9.32 Å². The van der Waals surface area contributed by atoms with E-state index in [2.05, 4.69) is 66.5 Å². The van der Waals surface area contributed by atoms with E-state index in [9.17, 15) is 4.79 Å². The molecule has 2 atom stereocenters. The molecule has 0 spiro atoms. The zero-order valence-corrected chi connectivity index (χ0v) is 19.3. The summed E-state index contributed by atoms with van der Waals surface area (Å²) >= 11 is 0. The van der Waals surface area contributed by atoms with E-state index in [-0.39, 0.29) is 5.41 Å². The van der Waals surface area contributed by atoms with Crippen molar-refractivity contribution in [2.75, 3.05) is 26.2 Å². The third kappa shape index (κ3) is 5.57. The first-order valence-corrected chi connectivity index (χ1v) is 11.9. The lowest BCUT2D eigenvalue weighted by atomic mass is 9.81. The largest absolute Gasteiger partial charge is 0.356 e. The Kier molecular flexibility index (Phi) is 6.80. The molecule has 5 nitrogen and oxygen atoms in total. The van der Waals surface area contributed by atoms with Crippen LogP contribution in [0.25, 0.3) is 11.3 Å². The molecule has 0 bridgehead atoms. The summed E-state index contributed by atoms with van der Waals surface area (Å²) in [6.07, 6.45) is 6.15. The lowest BCUT2D eigenvalue weighted by molar-refractivity contribution is -0.133. The van der Waals surface area contributed by atoms with Gasteiger partial charge in [-0.25, -0.2) is 0 Å². The Morgan fingerprint density at radius 2 is 1.87 bits per heavy atom. The Labute approximate surface area is 186 Å². The number of hydrogen-bond acceptors (Lipinski definition) is 4. The number of rotatable bonds is 5. The lowest BCUT2D eigenvalue weighted by Gasteiger charge is -2.34. The summed E-state index contributed by atoms with van der Waals surface area (Å²) in [6, 6.07) is 10.7. The molecule has 2 aromatic rings. The number of aromatic nitrogens is 1. The number of amides is 1. The van der Waals surface area contributed by atoms with Crippen molar-refractivity contribution >= 4 is 5.91 Å². The zero-order valence-electron chi connectivity index (χ0n) is 19.3. The molecule has 1 aromatic heterocycles. The summed E-state index contributed by atoms with van der Waals surface area (Å²) in [5.41, 5.74) is 3.49. The lowest BCUT2D eigenvalue weighted by Crippen LogP contribution is -2.42. The molecule has 0 saturated carbocycles. The number of nitrogens with zero attached hydrogens (tertiary/aromatic N) is 2. The van der Waals surface area contributed by atoms with Gasteiger partial charge in [0.05, 0.1) is 5.69 Å². The summed E-state index contributed by atoms with van der Waals surface area (Å²) < 4.78 is 5.68. The average Bonchev–Trinajstić information content (AvgIpc) is 3.24. The molecule has 3 heterocycles. The highest BCUT2D eigenvalue weighted by molar-refractivity contribution is 5.76. The van der Waals surface area contributed by atoms with Gasteiger partial charge in [0.25, 0.3) is 0 Å². The number of carbonyl (C=O) groups is 1. The first kappa shape index (κ1) is 22.1. The highest BCUT2D eigenvalue weighted by atomic mass is 16.5. The van der Waals surface area contributed by atoms with Crippen molar-refractivity contribution in [1.82, 2.24) is 15.4 Å². The molecule has 0 aliphatic carbocycles. The molecule has 1 N–H and O–H groups in total. The van der Waals surface area contributed by atoms with E-state index < -0.39 is 0 Å². The van der Waals surface area contributed by atoms with Crippen LogP contribution in [-0.4, -0.2) is 42.1 Å². The maximum atomic E-state index is 12.8. The third-order valence-electron chi connectivity index (χ3n) is 6.98. The fourth-order valence-corrected chi connectivity index (χ4v) is 4.93. The number of carbonyl (C=O) groups excluding carboxylic acids is 1. The van der Waals surface area contributed by atoms with E-state index in [1.54, 1.807) is 0 Å². The van der Waals surface area contributed by atoms with Gasteiger partial charge in [-0.2, -0.15) is 0 Å². The molecule has 168 valence electrons. The minimum Gasteiger partial charge on any atom is -0.356 e. The Balaban J connectivity index is 1.39. The number of hydrogen-bond donors (Lipinski definition) is 1. The van der Waals surface area contributed by atoms with Crippen molar-refractivity contribution in [2.24, 2.45) is 11.8 Å². The van der Waals surface area contributed by atoms with Gasteiger partial charge in [-0.05, 0) is 68.0 Å². The fourth-order valence-electron chi connectivity index (χ4n) is 4.93. The zero-order chi connectivity index (χ0) is 21.8. The van der Waals surface area contributed by atoms with E-state index in [0.29, 0.717) is 24.2 Å². The van der Waals surface area contributed by atoms with E-state index in [1.807, 2.05) is 0 Å². The van der Waals surface area contributed by atoms with Crippen LogP contribution >= 0.6 is 0 Å². The standard InChI is InChI=1S/C26H37N3O2/c1-26(2,3)22-9-7-19(8-10-22)24-17-23(28-31-24)15-21-18-27-12-11-20(21)16-25(30)29-13-5-4-6-14-29/h7-10,17,20-21,27H,4-6,11-16,18H2,1-3H3. The second-order valence-electron chi connectivity index (χ2n) is 10.4. The maximum Gasteiger partial charge on any atom is 0.222 e. The van der Waals surface area contributed by atoms with Crippen LogP contribution in [0.1, 0.15) is 64.1 Å². The topological polar surface area (TPSA) is 58.4 Å². The summed E-state index contributed by atoms with van der Waals surface area (Å²) in [4.78, 5) is 14.9. The highest BCUT2D eigenvalue weighted by Crippen LogP contribution is 2.30. The number of nitrogens with one attached hydrogen (secondary N) is 1. The highest BCUT2D eigenvalue weighted by Gasteiger charge is 2.30. The van der Waals surface area contributed by atoms with Gasteiger partial charge in [0.2, 0.25) is 5.91 Å². The second kappa shape index (κ2) is 9.56. The Morgan fingerprint density at radius 3 is 2.58 bits per heavy atom. The van der Waals surface area contributed by atoms with E-state index in [0.717, 1.165) is 68.9 Å². The predicted molar refractivity (Wildman–Crippen MR) is 124 cm³/mol. The van der Waals surface area contributed by atoms with Crippen molar-refractivity contribution in [3.8, 4) is 11.3 Å². The van der Waals surface area contributed by atoms with Crippen molar-refractivity contribution in [1.29, 1.82) is 0 Å². The predicted octanol–water partition coefficient (Wildman–Crippen LogP) is 4.81. The van der Waals surface area contributed by atoms with Crippen molar-refractivity contribution in [3.63, 3.8) is 0 Å². The van der Waals surface area contributed by atoms with Gasteiger partial charge in [0.1, 0.15) is 0 Å². The molecule has 31 heavy (non-hydrogen) atoms. The van der Waals surface area contributed by atoms with E-state index >= 15 is 0 Å². The molecule has 1 amide bonds. The molecular formula is C26H37N3O2. The first-order chi connectivity index (χ1) is 14.9. The number of piperidine rings is 2.